The number of rotatable bonds is 8. The van der Waals surface area contributed by atoms with Gasteiger partial charge in [0, 0.05) is 30.7 Å². The first kappa shape index (κ1) is 23.5. The quantitative estimate of drug-likeness (QED) is 0.236. The molecule has 4 N–H and O–H groups in total. The second-order valence-corrected chi connectivity index (χ2v) is 9.20. The van der Waals surface area contributed by atoms with Crippen LogP contribution >= 0.6 is 0 Å². The van der Waals surface area contributed by atoms with Gasteiger partial charge in [0.2, 0.25) is 0 Å². The average molecular weight is 482 g/mol. The molecule has 0 bridgehead atoms. The number of imidazole rings is 1. The first-order valence-electron chi connectivity index (χ1n) is 12.4. The number of piperidine rings is 1. The van der Waals surface area contributed by atoms with Crippen molar-refractivity contribution in [3.05, 3.63) is 95.5 Å². The lowest BCUT2D eigenvalue weighted by Crippen LogP contribution is -2.29. The van der Waals surface area contributed by atoms with Crippen LogP contribution in [-0.2, 0) is 17.6 Å². The maximum absolute atomic E-state index is 11.3. The molecular weight excluding hydrogens is 450 g/mol. The molecule has 184 valence electrons. The fourth-order valence-electron chi connectivity index (χ4n) is 4.68. The fourth-order valence-corrected chi connectivity index (χ4v) is 4.68. The van der Waals surface area contributed by atoms with Gasteiger partial charge in [0.25, 0.3) is 5.91 Å². The summed E-state index contributed by atoms with van der Waals surface area (Å²) in [7, 11) is 0. The summed E-state index contributed by atoms with van der Waals surface area (Å²) in [4.78, 5) is 18.6. The van der Waals surface area contributed by atoms with Crippen LogP contribution in [0.1, 0.15) is 36.1 Å². The minimum atomic E-state index is -0.864. The van der Waals surface area contributed by atoms with E-state index in [1.54, 1.807) is 6.07 Å². The van der Waals surface area contributed by atoms with Crippen LogP contribution < -0.4 is 16.0 Å². The van der Waals surface area contributed by atoms with Gasteiger partial charge in [-0.1, -0.05) is 30.3 Å². The third kappa shape index (κ3) is 5.35. The molecule has 2 aromatic heterocycles. The monoisotopic (exact) mass is 481 g/mol. The molecule has 7 heteroatoms. The number of nitrogens with zero attached hydrogens (tertiary/aromatic N) is 3. The Hall–Kier alpha value is -4.26. The van der Waals surface area contributed by atoms with Crippen molar-refractivity contribution in [3.8, 4) is 0 Å². The number of pyridine rings is 1. The maximum atomic E-state index is 11.3. The van der Waals surface area contributed by atoms with E-state index in [1.165, 1.54) is 36.6 Å². The molecule has 4 aromatic rings. The molecule has 3 heterocycles. The number of hydrogen-bond acceptors (Lipinski definition) is 5. The summed E-state index contributed by atoms with van der Waals surface area (Å²) in [6.45, 7) is 2.22. The molecule has 1 aliphatic rings. The van der Waals surface area contributed by atoms with Crippen molar-refractivity contribution in [2.24, 2.45) is 5.73 Å². The van der Waals surface area contributed by atoms with Crippen molar-refractivity contribution in [3.63, 3.8) is 0 Å². The van der Waals surface area contributed by atoms with Gasteiger partial charge < -0.3 is 21.1 Å². The highest BCUT2D eigenvalue weighted by atomic mass is 16.3. The summed E-state index contributed by atoms with van der Waals surface area (Å²) in [6.07, 6.45) is 8.63. The van der Waals surface area contributed by atoms with E-state index in [0.29, 0.717) is 5.56 Å². The van der Waals surface area contributed by atoms with Crippen LogP contribution in [0.2, 0.25) is 0 Å². The van der Waals surface area contributed by atoms with Crippen LogP contribution in [0.3, 0.4) is 0 Å². The Balaban J connectivity index is 1.47. The van der Waals surface area contributed by atoms with Crippen LogP contribution in [-0.4, -0.2) is 33.5 Å². The van der Waals surface area contributed by atoms with Gasteiger partial charge in [-0.3, -0.25) is 9.20 Å². The SMILES string of the molecule is NC(=O)/C(O)=C/c1ccc2nc(CCc3ccccc3)c(Nc3ccc(N4CCCCC4)cc3)n2c1. The number of nitrogens with two attached hydrogens (primary N) is 1. The predicted molar refractivity (Wildman–Crippen MR) is 145 cm³/mol. The van der Waals surface area contributed by atoms with E-state index >= 15 is 0 Å². The Morgan fingerprint density at radius 2 is 1.72 bits per heavy atom. The first-order chi connectivity index (χ1) is 17.6. The number of fused-ring (bicyclic) bond motifs is 1. The topological polar surface area (TPSA) is 95.9 Å². The zero-order valence-corrected chi connectivity index (χ0v) is 20.2. The van der Waals surface area contributed by atoms with E-state index in [2.05, 4.69) is 46.6 Å². The number of hydrogen-bond donors (Lipinski definition) is 3. The molecule has 1 fully saturated rings. The molecule has 0 saturated carbocycles. The van der Waals surface area contributed by atoms with E-state index in [4.69, 9.17) is 10.7 Å². The van der Waals surface area contributed by atoms with Gasteiger partial charge in [-0.25, -0.2) is 4.98 Å². The zero-order valence-electron chi connectivity index (χ0n) is 20.2. The van der Waals surface area contributed by atoms with E-state index in [0.717, 1.165) is 48.8 Å². The standard InChI is InChI=1S/C29H31N5O2/c30-28(36)26(35)19-22-10-16-27-32-25(15-9-21-7-3-1-4-8-21)29(34(27)20-22)31-23-11-13-24(14-12-23)33-17-5-2-6-18-33/h1,3-4,7-8,10-14,16,19-20,31,35H,2,5-6,9,15,17-18H2,(H2,30,36)/b26-19-. The average Bonchev–Trinajstić information content (AvgIpc) is 3.25. The molecule has 1 amide bonds. The Bertz CT molecular complexity index is 1370. The van der Waals surface area contributed by atoms with Crippen molar-refractivity contribution >= 4 is 34.8 Å². The third-order valence-corrected chi connectivity index (χ3v) is 6.61. The van der Waals surface area contributed by atoms with Crippen molar-refractivity contribution < 1.29 is 9.90 Å². The molecule has 0 atom stereocenters. The predicted octanol–water partition coefficient (Wildman–Crippen LogP) is 5.24. The van der Waals surface area contributed by atoms with Crippen LogP contribution in [0.4, 0.5) is 17.2 Å². The zero-order chi connectivity index (χ0) is 24.9. The molecule has 5 rings (SSSR count). The van der Waals surface area contributed by atoms with E-state index in [9.17, 15) is 9.90 Å². The first-order valence-corrected chi connectivity index (χ1v) is 12.4. The number of benzene rings is 2. The minimum Gasteiger partial charge on any atom is -0.503 e. The number of nitrogens with one attached hydrogen (secondary N) is 1. The smallest absolute Gasteiger partial charge is 0.283 e. The Morgan fingerprint density at radius 1 is 0.972 bits per heavy atom. The highest BCUT2D eigenvalue weighted by molar-refractivity contribution is 5.94. The van der Waals surface area contributed by atoms with Gasteiger partial charge in [0.1, 0.15) is 11.5 Å². The van der Waals surface area contributed by atoms with Crippen molar-refractivity contribution in [2.75, 3.05) is 23.3 Å². The molecule has 0 radical (unpaired) electrons. The Kier molecular flexibility index (Phi) is 6.89. The van der Waals surface area contributed by atoms with Crippen molar-refractivity contribution in [2.45, 2.75) is 32.1 Å². The summed E-state index contributed by atoms with van der Waals surface area (Å²) in [5.74, 6) is -0.488. The number of carbonyl (C=O) groups is 1. The molecule has 1 aliphatic heterocycles. The minimum absolute atomic E-state index is 0.485. The van der Waals surface area contributed by atoms with Gasteiger partial charge in [-0.05, 0) is 85.7 Å². The number of primary amides is 1. The van der Waals surface area contributed by atoms with Crippen molar-refractivity contribution in [1.29, 1.82) is 0 Å². The number of aliphatic hydroxyl groups excluding tert-OH is 1. The molecular formula is C29H31N5O2. The Morgan fingerprint density at radius 3 is 2.44 bits per heavy atom. The molecule has 7 nitrogen and oxygen atoms in total. The summed E-state index contributed by atoms with van der Waals surface area (Å²) in [5.41, 5.74) is 11.0. The number of aliphatic hydroxyl groups is 1. The number of amides is 1. The van der Waals surface area contributed by atoms with Crippen LogP contribution in [0, 0.1) is 0 Å². The second-order valence-electron chi connectivity index (χ2n) is 9.20. The highest BCUT2D eigenvalue weighted by Gasteiger charge is 2.15. The van der Waals surface area contributed by atoms with Crippen LogP contribution in [0.5, 0.6) is 0 Å². The summed E-state index contributed by atoms with van der Waals surface area (Å²) >= 11 is 0. The van der Waals surface area contributed by atoms with Gasteiger partial charge in [0.05, 0.1) is 5.69 Å². The lowest BCUT2D eigenvalue weighted by molar-refractivity contribution is -0.116. The third-order valence-electron chi connectivity index (χ3n) is 6.61. The molecule has 0 aliphatic carbocycles. The summed E-state index contributed by atoms with van der Waals surface area (Å²) in [5, 5.41) is 13.4. The van der Waals surface area contributed by atoms with Gasteiger partial charge >= 0.3 is 0 Å². The van der Waals surface area contributed by atoms with E-state index < -0.39 is 11.7 Å². The molecule has 36 heavy (non-hydrogen) atoms. The molecule has 1 saturated heterocycles. The lowest BCUT2D eigenvalue weighted by atomic mass is 10.1. The number of aromatic nitrogens is 2. The highest BCUT2D eigenvalue weighted by Crippen LogP contribution is 2.27. The van der Waals surface area contributed by atoms with Crippen molar-refractivity contribution in [1.82, 2.24) is 9.38 Å². The van der Waals surface area contributed by atoms with Crippen LogP contribution in [0.15, 0.2) is 78.7 Å². The Labute approximate surface area is 210 Å². The normalized spacial score (nSPS) is 14.2. The summed E-state index contributed by atoms with van der Waals surface area (Å²) < 4.78 is 1.96. The van der Waals surface area contributed by atoms with E-state index in [1.807, 2.05) is 34.9 Å². The number of carbonyl (C=O) groups excluding carboxylic acids is 1. The maximum Gasteiger partial charge on any atom is 0.283 e. The largest absolute Gasteiger partial charge is 0.503 e. The number of aryl methyl sites for hydroxylation is 2. The second kappa shape index (κ2) is 10.6. The van der Waals surface area contributed by atoms with E-state index in [-0.39, 0.29) is 0 Å². The van der Waals surface area contributed by atoms with Gasteiger partial charge in [-0.2, -0.15) is 0 Å². The lowest BCUT2D eigenvalue weighted by Gasteiger charge is -2.28. The van der Waals surface area contributed by atoms with Gasteiger partial charge in [0.15, 0.2) is 5.76 Å². The fraction of sp³-hybridized carbons (Fsp3) is 0.241. The van der Waals surface area contributed by atoms with Gasteiger partial charge in [-0.15, -0.1) is 0 Å². The van der Waals surface area contributed by atoms with Crippen LogP contribution in [0.25, 0.3) is 11.7 Å². The number of anilines is 3. The molecule has 0 unspecified atom stereocenters. The summed E-state index contributed by atoms with van der Waals surface area (Å²) in [6, 6.07) is 22.6. The molecule has 0 spiro atoms. The molecule has 2 aromatic carbocycles.